The lowest BCUT2D eigenvalue weighted by Gasteiger charge is -2.11. The molecule has 0 unspecified atom stereocenters. The Labute approximate surface area is 170 Å². The first-order valence-electron chi connectivity index (χ1n) is 10.2. The monoisotopic (exact) mass is 400 g/mol. The predicted molar refractivity (Wildman–Crippen MR) is 113 cm³/mol. The normalized spacial score (nSPS) is 12.1. The van der Waals surface area contributed by atoms with Crippen molar-refractivity contribution < 1.29 is 8.91 Å². The molecule has 0 aliphatic heterocycles. The summed E-state index contributed by atoms with van der Waals surface area (Å²) in [5, 5.41) is 11.5. The van der Waals surface area contributed by atoms with E-state index in [0.29, 0.717) is 25.4 Å². The molecule has 0 atom stereocenters. The Morgan fingerprint density at radius 2 is 2.14 bits per heavy atom. The zero-order chi connectivity index (χ0) is 20.6. The molecule has 0 aliphatic rings. The van der Waals surface area contributed by atoms with Crippen molar-refractivity contribution in [2.45, 2.75) is 46.0 Å². The number of aromatic amines is 1. The molecule has 156 valence electrons. The summed E-state index contributed by atoms with van der Waals surface area (Å²) < 4.78 is 18.8. The first kappa shape index (κ1) is 20.8. The number of aryl methyl sites for hydroxylation is 1. The van der Waals surface area contributed by atoms with Gasteiger partial charge in [0.05, 0.1) is 0 Å². The lowest BCUT2D eigenvalue weighted by molar-refractivity contribution is 0.369. The first-order chi connectivity index (χ1) is 14.1. The summed E-state index contributed by atoms with van der Waals surface area (Å²) in [7, 11) is 0. The zero-order valence-electron chi connectivity index (χ0n) is 17.3. The maximum absolute atomic E-state index is 13.5. The second kappa shape index (κ2) is 10.0. The van der Waals surface area contributed by atoms with E-state index in [4.69, 9.17) is 4.52 Å². The molecule has 1 aromatic carbocycles. The minimum absolute atomic E-state index is 0.219. The standard InChI is InChI=1S/C21H29FN6O/c1-4-23-21(24-10-5-6-19-27-20(14(2)3)28-29-19)25-11-9-15-13-26-18-8-7-16(22)12-17(15)18/h7-8,12-14,26H,4-6,9-11H2,1-3H3,(H2,23,24,25). The molecule has 2 heterocycles. The Morgan fingerprint density at radius 3 is 2.90 bits per heavy atom. The highest BCUT2D eigenvalue weighted by atomic mass is 19.1. The molecule has 0 bridgehead atoms. The molecular formula is C21H29FN6O. The predicted octanol–water partition coefficient (Wildman–Crippen LogP) is 3.54. The van der Waals surface area contributed by atoms with Gasteiger partial charge in [-0.25, -0.2) is 4.39 Å². The third kappa shape index (κ3) is 5.79. The lowest BCUT2D eigenvalue weighted by atomic mass is 10.1. The van der Waals surface area contributed by atoms with E-state index in [1.54, 1.807) is 12.1 Å². The molecule has 0 radical (unpaired) electrons. The average molecular weight is 401 g/mol. The van der Waals surface area contributed by atoms with Crippen LogP contribution in [0.25, 0.3) is 10.9 Å². The van der Waals surface area contributed by atoms with Gasteiger partial charge in [-0.3, -0.25) is 4.99 Å². The summed E-state index contributed by atoms with van der Waals surface area (Å²) in [6.45, 7) is 8.26. The number of benzene rings is 1. The van der Waals surface area contributed by atoms with E-state index in [9.17, 15) is 4.39 Å². The van der Waals surface area contributed by atoms with Gasteiger partial charge in [0, 0.05) is 49.1 Å². The van der Waals surface area contributed by atoms with E-state index in [-0.39, 0.29) is 11.7 Å². The highest BCUT2D eigenvalue weighted by Crippen LogP contribution is 2.19. The SMILES string of the molecule is CCNC(=NCCCc1nc(C(C)C)no1)NCCc1c[nH]c2ccc(F)cc12. The van der Waals surface area contributed by atoms with Crippen molar-refractivity contribution in [1.29, 1.82) is 0 Å². The fraction of sp³-hybridized carbons (Fsp3) is 0.476. The molecule has 3 N–H and O–H groups in total. The van der Waals surface area contributed by atoms with Crippen LogP contribution in [0.4, 0.5) is 4.39 Å². The van der Waals surface area contributed by atoms with E-state index in [1.807, 2.05) is 27.0 Å². The van der Waals surface area contributed by atoms with Crippen molar-refractivity contribution in [3.8, 4) is 0 Å². The molecule has 3 rings (SSSR count). The molecule has 2 aromatic heterocycles. The first-order valence-corrected chi connectivity index (χ1v) is 10.2. The smallest absolute Gasteiger partial charge is 0.226 e. The number of aliphatic imine (C=N–C) groups is 1. The Hall–Kier alpha value is -2.90. The van der Waals surface area contributed by atoms with Gasteiger partial charge < -0.3 is 20.1 Å². The molecule has 0 amide bonds. The number of rotatable bonds is 9. The Kier molecular flexibility index (Phi) is 7.21. The minimum atomic E-state index is -0.219. The number of aromatic nitrogens is 3. The molecule has 0 aliphatic carbocycles. The molecule has 29 heavy (non-hydrogen) atoms. The Bertz CT molecular complexity index is 946. The zero-order valence-corrected chi connectivity index (χ0v) is 17.3. The Morgan fingerprint density at radius 1 is 1.28 bits per heavy atom. The van der Waals surface area contributed by atoms with E-state index < -0.39 is 0 Å². The van der Waals surface area contributed by atoms with Crippen LogP contribution in [0, 0.1) is 5.82 Å². The van der Waals surface area contributed by atoms with E-state index in [2.05, 4.69) is 30.8 Å². The minimum Gasteiger partial charge on any atom is -0.361 e. The van der Waals surface area contributed by atoms with Crippen LogP contribution in [-0.4, -0.2) is 40.7 Å². The molecule has 0 fully saturated rings. The van der Waals surface area contributed by atoms with Gasteiger partial charge >= 0.3 is 0 Å². The van der Waals surface area contributed by atoms with Crippen molar-refractivity contribution in [2.75, 3.05) is 19.6 Å². The van der Waals surface area contributed by atoms with Crippen LogP contribution >= 0.6 is 0 Å². The van der Waals surface area contributed by atoms with Gasteiger partial charge in [-0.1, -0.05) is 19.0 Å². The summed E-state index contributed by atoms with van der Waals surface area (Å²) in [6.07, 6.45) is 4.25. The third-order valence-electron chi connectivity index (χ3n) is 4.58. The van der Waals surface area contributed by atoms with Gasteiger partial charge in [-0.05, 0) is 43.5 Å². The lowest BCUT2D eigenvalue weighted by Crippen LogP contribution is -2.38. The van der Waals surface area contributed by atoms with Gasteiger partial charge in [0.2, 0.25) is 5.89 Å². The number of nitrogens with one attached hydrogen (secondary N) is 3. The Balaban J connectivity index is 1.47. The molecule has 0 saturated carbocycles. The van der Waals surface area contributed by atoms with Gasteiger partial charge in [-0.2, -0.15) is 4.98 Å². The number of nitrogens with zero attached hydrogens (tertiary/aromatic N) is 3. The van der Waals surface area contributed by atoms with Crippen molar-refractivity contribution in [2.24, 2.45) is 4.99 Å². The van der Waals surface area contributed by atoms with E-state index in [1.165, 1.54) is 6.07 Å². The molecule has 0 spiro atoms. The highest BCUT2D eigenvalue weighted by molar-refractivity contribution is 5.83. The summed E-state index contributed by atoms with van der Waals surface area (Å²) >= 11 is 0. The van der Waals surface area contributed by atoms with Gasteiger partial charge in [0.25, 0.3) is 0 Å². The number of fused-ring (bicyclic) bond motifs is 1. The molecule has 3 aromatic rings. The van der Waals surface area contributed by atoms with Gasteiger partial charge in [-0.15, -0.1) is 0 Å². The number of H-pyrrole nitrogens is 1. The number of guanidine groups is 1. The number of hydrogen-bond acceptors (Lipinski definition) is 4. The van der Waals surface area contributed by atoms with Crippen molar-refractivity contribution in [1.82, 2.24) is 25.8 Å². The van der Waals surface area contributed by atoms with Crippen LogP contribution < -0.4 is 10.6 Å². The van der Waals surface area contributed by atoms with Gasteiger partial charge in [0.15, 0.2) is 11.8 Å². The van der Waals surface area contributed by atoms with Crippen molar-refractivity contribution >= 4 is 16.9 Å². The summed E-state index contributed by atoms with van der Waals surface area (Å²) in [4.78, 5) is 12.2. The quantitative estimate of drug-likeness (QED) is 0.290. The summed E-state index contributed by atoms with van der Waals surface area (Å²) in [5.74, 6) is 2.22. The average Bonchev–Trinajstić information content (AvgIpc) is 3.32. The van der Waals surface area contributed by atoms with Crippen molar-refractivity contribution in [3.05, 3.63) is 47.5 Å². The summed E-state index contributed by atoms with van der Waals surface area (Å²) in [5.41, 5.74) is 2.03. The maximum atomic E-state index is 13.5. The van der Waals surface area contributed by atoms with Crippen LogP contribution in [-0.2, 0) is 12.8 Å². The fourth-order valence-electron chi connectivity index (χ4n) is 3.04. The molecule has 0 saturated heterocycles. The van der Waals surface area contributed by atoms with Crippen LogP contribution in [0.15, 0.2) is 33.9 Å². The largest absolute Gasteiger partial charge is 0.361 e. The number of hydrogen-bond donors (Lipinski definition) is 3. The van der Waals surface area contributed by atoms with Gasteiger partial charge in [0.1, 0.15) is 5.82 Å². The molecule has 8 heteroatoms. The fourth-order valence-corrected chi connectivity index (χ4v) is 3.04. The van der Waals surface area contributed by atoms with Crippen LogP contribution in [0.1, 0.15) is 50.4 Å². The van der Waals surface area contributed by atoms with Crippen LogP contribution in [0.5, 0.6) is 0 Å². The maximum Gasteiger partial charge on any atom is 0.226 e. The highest BCUT2D eigenvalue weighted by Gasteiger charge is 2.09. The van der Waals surface area contributed by atoms with Crippen molar-refractivity contribution in [3.63, 3.8) is 0 Å². The van der Waals surface area contributed by atoms with Crippen LogP contribution in [0.3, 0.4) is 0 Å². The second-order valence-corrected chi connectivity index (χ2v) is 7.25. The second-order valence-electron chi connectivity index (χ2n) is 7.25. The topological polar surface area (TPSA) is 91.1 Å². The number of halogens is 1. The molecular weight excluding hydrogens is 371 g/mol. The third-order valence-corrected chi connectivity index (χ3v) is 4.58. The molecule has 7 nitrogen and oxygen atoms in total. The summed E-state index contributed by atoms with van der Waals surface area (Å²) in [6, 6.07) is 4.80. The van der Waals surface area contributed by atoms with Crippen LogP contribution in [0.2, 0.25) is 0 Å². The van der Waals surface area contributed by atoms with E-state index >= 15 is 0 Å². The van der Waals surface area contributed by atoms with E-state index in [0.717, 1.165) is 47.6 Å².